The van der Waals surface area contributed by atoms with Crippen molar-refractivity contribution in [2.24, 2.45) is 0 Å². The minimum absolute atomic E-state index is 0.146. The van der Waals surface area contributed by atoms with Gasteiger partial charge in [0.2, 0.25) is 0 Å². The van der Waals surface area contributed by atoms with E-state index in [0.717, 1.165) is 25.3 Å². The molecule has 0 bridgehead atoms. The van der Waals surface area contributed by atoms with Crippen LogP contribution in [0.4, 0.5) is 8.78 Å². The van der Waals surface area contributed by atoms with Crippen LogP contribution in [0.1, 0.15) is 77.2 Å². The van der Waals surface area contributed by atoms with Crippen molar-refractivity contribution in [3.05, 3.63) is 35.4 Å². The van der Waals surface area contributed by atoms with Crippen LogP contribution in [0.15, 0.2) is 18.2 Å². The highest BCUT2D eigenvalue weighted by Crippen LogP contribution is 2.38. The minimum atomic E-state index is -1.33. The Morgan fingerprint density at radius 1 is 0.923 bits per heavy atom. The Morgan fingerprint density at radius 3 is 2.08 bits per heavy atom. The van der Waals surface area contributed by atoms with E-state index in [-0.39, 0.29) is 12.0 Å². The van der Waals surface area contributed by atoms with E-state index in [2.05, 4.69) is 6.92 Å². The highest BCUT2D eigenvalue weighted by Gasteiger charge is 2.42. The summed E-state index contributed by atoms with van der Waals surface area (Å²) in [5, 5.41) is 0. The van der Waals surface area contributed by atoms with E-state index in [9.17, 15) is 8.78 Å². The molecular weight excluding hydrogens is 338 g/mol. The molecule has 0 saturated heterocycles. The van der Waals surface area contributed by atoms with Gasteiger partial charge < -0.3 is 14.2 Å². The molecule has 26 heavy (non-hydrogen) atoms. The largest absolute Gasteiger partial charge is 0.330 e. The Morgan fingerprint density at radius 2 is 1.54 bits per heavy atom. The summed E-state index contributed by atoms with van der Waals surface area (Å²) in [6.45, 7) is 5.97. The maximum absolute atomic E-state index is 13.8. The van der Waals surface area contributed by atoms with Gasteiger partial charge in [-0.1, -0.05) is 51.5 Å². The Kier molecular flexibility index (Phi) is 10.3. The fourth-order valence-electron chi connectivity index (χ4n) is 3.28. The van der Waals surface area contributed by atoms with Crippen LogP contribution in [-0.4, -0.2) is 26.3 Å². The van der Waals surface area contributed by atoms with Crippen molar-refractivity contribution in [2.45, 2.75) is 83.7 Å². The lowest BCUT2D eigenvalue weighted by atomic mass is 9.90. The van der Waals surface area contributed by atoms with Gasteiger partial charge in [0.1, 0.15) is 0 Å². The van der Waals surface area contributed by atoms with Crippen LogP contribution in [0.3, 0.4) is 0 Å². The fourth-order valence-corrected chi connectivity index (χ4v) is 3.28. The molecule has 0 aromatic heterocycles. The number of hydrogen-bond donors (Lipinski definition) is 0. The molecule has 0 aliphatic rings. The first-order chi connectivity index (χ1) is 12.4. The molecule has 1 aromatic carbocycles. The molecule has 1 unspecified atom stereocenters. The van der Waals surface area contributed by atoms with Crippen LogP contribution in [0.2, 0.25) is 0 Å². The first-order valence-corrected chi connectivity index (χ1v) is 9.63. The number of hydrogen-bond acceptors (Lipinski definition) is 3. The van der Waals surface area contributed by atoms with E-state index >= 15 is 0 Å². The highest BCUT2D eigenvalue weighted by molar-refractivity contribution is 5.23. The van der Waals surface area contributed by atoms with Gasteiger partial charge >= 0.3 is 0 Å². The van der Waals surface area contributed by atoms with Crippen LogP contribution in [0, 0.1) is 11.6 Å². The third kappa shape index (κ3) is 6.60. The summed E-state index contributed by atoms with van der Waals surface area (Å²) < 4.78 is 44.4. The number of methoxy groups -OCH3 is 2. The normalized spacial score (nSPS) is 13.4. The number of rotatable bonds is 13. The SMILES string of the molecule is CCCCCCCCC(c1ccc(F)c(F)c1)C(OC)(OC)OC(C)C. The zero-order chi connectivity index (χ0) is 19.6. The van der Waals surface area contributed by atoms with E-state index in [1.54, 1.807) is 6.07 Å². The Hall–Kier alpha value is -1.04. The van der Waals surface area contributed by atoms with E-state index < -0.39 is 17.6 Å². The second-order valence-corrected chi connectivity index (χ2v) is 6.96. The average Bonchev–Trinajstić information content (AvgIpc) is 2.62. The Bertz CT molecular complexity index is 516. The van der Waals surface area contributed by atoms with Gasteiger partial charge in [-0.15, -0.1) is 0 Å². The quantitative estimate of drug-likeness (QED) is 0.306. The van der Waals surface area contributed by atoms with Crippen molar-refractivity contribution in [2.75, 3.05) is 14.2 Å². The van der Waals surface area contributed by atoms with Gasteiger partial charge in [0.05, 0.1) is 12.0 Å². The molecular formula is C21H34F2O3. The number of unbranched alkanes of at least 4 members (excludes halogenated alkanes) is 5. The third-order valence-electron chi connectivity index (χ3n) is 4.59. The zero-order valence-electron chi connectivity index (χ0n) is 16.8. The fraction of sp³-hybridized carbons (Fsp3) is 0.714. The van der Waals surface area contributed by atoms with Gasteiger partial charge in [0.25, 0.3) is 5.97 Å². The molecule has 0 aliphatic carbocycles. The van der Waals surface area contributed by atoms with E-state index in [4.69, 9.17) is 14.2 Å². The highest BCUT2D eigenvalue weighted by atomic mass is 19.2. The van der Waals surface area contributed by atoms with E-state index in [1.165, 1.54) is 39.5 Å². The summed E-state index contributed by atoms with van der Waals surface area (Å²) in [4.78, 5) is 0. The van der Waals surface area contributed by atoms with Crippen molar-refractivity contribution in [1.29, 1.82) is 0 Å². The summed E-state index contributed by atoms with van der Waals surface area (Å²) >= 11 is 0. The topological polar surface area (TPSA) is 27.7 Å². The summed E-state index contributed by atoms with van der Waals surface area (Å²) in [5.74, 6) is -3.43. The molecule has 1 atom stereocenters. The molecule has 0 saturated carbocycles. The lowest BCUT2D eigenvalue weighted by molar-refractivity contribution is -0.385. The molecule has 3 nitrogen and oxygen atoms in total. The lowest BCUT2D eigenvalue weighted by Gasteiger charge is -2.39. The number of benzene rings is 1. The van der Waals surface area contributed by atoms with Crippen LogP contribution in [-0.2, 0) is 14.2 Å². The second kappa shape index (κ2) is 11.6. The van der Waals surface area contributed by atoms with Crippen LogP contribution >= 0.6 is 0 Å². The summed E-state index contributed by atoms with van der Waals surface area (Å²) in [6, 6.07) is 3.94. The molecule has 0 radical (unpaired) electrons. The summed E-state index contributed by atoms with van der Waals surface area (Å²) in [5.41, 5.74) is 0.613. The maximum Gasteiger partial charge on any atom is 0.289 e. The standard InChI is InChI=1S/C21H34F2O3/c1-6-7-8-9-10-11-12-18(17-13-14-19(22)20(23)15-17)21(24-4,25-5)26-16(2)3/h13-16,18H,6-12H2,1-5H3. The van der Waals surface area contributed by atoms with Crippen LogP contribution in [0.5, 0.6) is 0 Å². The molecule has 1 rings (SSSR count). The van der Waals surface area contributed by atoms with Crippen molar-refractivity contribution in [3.63, 3.8) is 0 Å². The average molecular weight is 372 g/mol. The van der Waals surface area contributed by atoms with Crippen LogP contribution < -0.4 is 0 Å². The smallest absolute Gasteiger partial charge is 0.289 e. The summed E-state index contributed by atoms with van der Waals surface area (Å²) in [6.07, 6.45) is 7.39. The number of halogens is 2. The van der Waals surface area contributed by atoms with Gasteiger partial charge in [0, 0.05) is 14.2 Å². The minimum Gasteiger partial charge on any atom is -0.330 e. The second-order valence-electron chi connectivity index (χ2n) is 6.96. The molecule has 150 valence electrons. The Labute approximate surface area is 157 Å². The van der Waals surface area contributed by atoms with Gasteiger partial charge in [-0.25, -0.2) is 8.78 Å². The van der Waals surface area contributed by atoms with Gasteiger partial charge in [0.15, 0.2) is 11.6 Å². The predicted octanol–water partition coefficient (Wildman–Crippen LogP) is 6.17. The van der Waals surface area contributed by atoms with Gasteiger partial charge in [-0.2, -0.15) is 0 Å². The lowest BCUT2D eigenvalue weighted by Crippen LogP contribution is -2.45. The first kappa shape index (κ1) is 23.0. The predicted molar refractivity (Wildman–Crippen MR) is 100 cm³/mol. The molecule has 1 aromatic rings. The van der Waals surface area contributed by atoms with E-state index in [0.29, 0.717) is 12.0 Å². The monoisotopic (exact) mass is 372 g/mol. The van der Waals surface area contributed by atoms with Gasteiger partial charge in [-0.3, -0.25) is 0 Å². The molecule has 0 N–H and O–H groups in total. The van der Waals surface area contributed by atoms with Crippen LogP contribution in [0.25, 0.3) is 0 Å². The number of ether oxygens (including phenoxy) is 3. The molecule has 5 heteroatoms. The molecule has 0 amide bonds. The van der Waals surface area contributed by atoms with Crippen molar-refractivity contribution in [3.8, 4) is 0 Å². The third-order valence-corrected chi connectivity index (χ3v) is 4.59. The van der Waals surface area contributed by atoms with Crippen molar-refractivity contribution >= 4 is 0 Å². The first-order valence-electron chi connectivity index (χ1n) is 9.63. The van der Waals surface area contributed by atoms with Gasteiger partial charge in [-0.05, 0) is 38.0 Å². The molecule has 0 spiro atoms. The van der Waals surface area contributed by atoms with E-state index in [1.807, 2.05) is 13.8 Å². The van der Waals surface area contributed by atoms with Crippen molar-refractivity contribution in [1.82, 2.24) is 0 Å². The molecule has 0 aliphatic heterocycles. The maximum atomic E-state index is 13.8. The zero-order valence-corrected chi connectivity index (χ0v) is 16.8. The molecule has 0 heterocycles. The van der Waals surface area contributed by atoms with Crippen molar-refractivity contribution < 1.29 is 23.0 Å². The molecule has 0 fully saturated rings. The Balaban J connectivity index is 3.00. The summed E-state index contributed by atoms with van der Waals surface area (Å²) in [7, 11) is 3.03.